The zero-order chi connectivity index (χ0) is 24.1. The van der Waals surface area contributed by atoms with Crippen LogP contribution in [0.15, 0.2) is 73.1 Å². The fraction of sp³-hybridized carbons (Fsp3) is 0.222. The molecular weight excluding hydrogens is 428 g/mol. The zero-order valence-corrected chi connectivity index (χ0v) is 19.6. The highest BCUT2D eigenvalue weighted by Gasteiger charge is 2.16. The minimum absolute atomic E-state index is 0.0625. The van der Waals surface area contributed by atoms with Gasteiger partial charge in [0.25, 0.3) is 11.8 Å². The van der Waals surface area contributed by atoms with E-state index in [2.05, 4.69) is 10.3 Å². The number of aromatic nitrogens is 2. The average Bonchev–Trinajstić information content (AvgIpc) is 3.28. The first-order chi connectivity index (χ1) is 16.5. The van der Waals surface area contributed by atoms with Crippen LogP contribution in [0.5, 0.6) is 5.75 Å². The molecule has 0 aliphatic carbocycles. The standard InChI is InChI=1S/C27H28N4O3/c1-4-30(5-2)27(33)20-11-8-12-21(16-20)29-26(32)23-13-6-7-14-24(23)34-18-22-17-31-15-9-10-19(3)25(31)28-22/h6-17H,4-5,18H2,1-3H3,(H,29,32). The van der Waals surface area contributed by atoms with Gasteiger partial charge in [-0.3, -0.25) is 9.59 Å². The number of nitrogens with zero attached hydrogens (tertiary/aromatic N) is 3. The van der Waals surface area contributed by atoms with Crippen LogP contribution in [0.4, 0.5) is 5.69 Å². The van der Waals surface area contributed by atoms with Crippen LogP contribution in [-0.2, 0) is 6.61 Å². The molecule has 0 aliphatic heterocycles. The molecule has 2 amide bonds. The maximum Gasteiger partial charge on any atom is 0.259 e. The Morgan fingerprint density at radius 1 is 1.03 bits per heavy atom. The van der Waals surface area contributed by atoms with E-state index in [4.69, 9.17) is 4.74 Å². The Morgan fingerprint density at radius 2 is 1.82 bits per heavy atom. The normalized spacial score (nSPS) is 10.8. The van der Waals surface area contributed by atoms with Crippen molar-refractivity contribution in [3.05, 3.63) is 95.4 Å². The van der Waals surface area contributed by atoms with E-state index in [1.54, 1.807) is 47.4 Å². The number of hydrogen-bond donors (Lipinski definition) is 1. The second-order valence-electron chi connectivity index (χ2n) is 7.95. The molecule has 0 atom stereocenters. The first-order valence-corrected chi connectivity index (χ1v) is 11.4. The van der Waals surface area contributed by atoms with Gasteiger partial charge in [0.1, 0.15) is 18.0 Å². The van der Waals surface area contributed by atoms with Crippen molar-refractivity contribution in [3.63, 3.8) is 0 Å². The highest BCUT2D eigenvalue weighted by Crippen LogP contribution is 2.22. The number of aryl methyl sites for hydroxylation is 1. The summed E-state index contributed by atoms with van der Waals surface area (Å²) in [5.74, 6) is 0.0885. The molecule has 174 valence electrons. The Kier molecular flexibility index (Phi) is 6.92. The number of pyridine rings is 1. The van der Waals surface area contributed by atoms with Crippen molar-refractivity contribution in [2.75, 3.05) is 18.4 Å². The molecule has 0 aliphatic rings. The predicted molar refractivity (Wildman–Crippen MR) is 132 cm³/mol. The number of carbonyl (C=O) groups excluding carboxylic acids is 2. The van der Waals surface area contributed by atoms with E-state index in [1.165, 1.54) is 0 Å². The Bertz CT molecular complexity index is 1320. The summed E-state index contributed by atoms with van der Waals surface area (Å²) in [5, 5.41) is 2.89. The summed E-state index contributed by atoms with van der Waals surface area (Å²) in [6, 6.07) is 18.0. The van der Waals surface area contributed by atoms with Crippen LogP contribution in [-0.4, -0.2) is 39.2 Å². The summed E-state index contributed by atoms with van der Waals surface area (Å²) in [7, 11) is 0. The predicted octanol–water partition coefficient (Wildman–Crippen LogP) is 4.96. The molecule has 0 radical (unpaired) electrons. The van der Waals surface area contributed by atoms with Gasteiger partial charge in [-0.15, -0.1) is 0 Å². The SMILES string of the molecule is CCN(CC)C(=O)c1cccc(NC(=O)c2ccccc2OCc2cn3cccc(C)c3n2)c1. The molecule has 0 bridgehead atoms. The van der Waals surface area contributed by atoms with Gasteiger partial charge in [0, 0.05) is 36.7 Å². The summed E-state index contributed by atoms with van der Waals surface area (Å²) < 4.78 is 7.93. The maximum atomic E-state index is 13.1. The lowest BCUT2D eigenvalue weighted by Gasteiger charge is -2.19. The summed E-state index contributed by atoms with van der Waals surface area (Å²) in [6.45, 7) is 7.39. The molecular formula is C27H28N4O3. The van der Waals surface area contributed by atoms with Gasteiger partial charge in [0.05, 0.1) is 11.3 Å². The van der Waals surface area contributed by atoms with E-state index in [1.807, 2.05) is 55.8 Å². The molecule has 0 saturated heterocycles. The largest absolute Gasteiger partial charge is 0.486 e. The van der Waals surface area contributed by atoms with E-state index in [9.17, 15) is 9.59 Å². The molecule has 7 nitrogen and oxygen atoms in total. The molecule has 0 unspecified atom stereocenters. The number of anilines is 1. The van der Waals surface area contributed by atoms with Crippen molar-refractivity contribution < 1.29 is 14.3 Å². The molecule has 0 saturated carbocycles. The van der Waals surface area contributed by atoms with Crippen LogP contribution in [0.2, 0.25) is 0 Å². The molecule has 4 aromatic rings. The van der Waals surface area contributed by atoms with Gasteiger partial charge in [-0.05, 0) is 62.7 Å². The van der Waals surface area contributed by atoms with Gasteiger partial charge in [0.15, 0.2) is 0 Å². The summed E-state index contributed by atoms with van der Waals surface area (Å²) in [5.41, 5.74) is 4.22. The monoisotopic (exact) mass is 456 g/mol. The number of amides is 2. The Hall–Kier alpha value is -4.13. The number of para-hydroxylation sites is 1. The van der Waals surface area contributed by atoms with E-state index in [0.717, 1.165) is 16.9 Å². The Labute approximate surface area is 199 Å². The first kappa shape index (κ1) is 23.0. The van der Waals surface area contributed by atoms with E-state index < -0.39 is 0 Å². The van der Waals surface area contributed by atoms with Crippen LogP contribution in [0.1, 0.15) is 45.8 Å². The minimum Gasteiger partial charge on any atom is -0.486 e. The number of ether oxygens (including phenoxy) is 1. The molecule has 2 heterocycles. The molecule has 34 heavy (non-hydrogen) atoms. The highest BCUT2D eigenvalue weighted by atomic mass is 16.5. The second kappa shape index (κ2) is 10.2. The quantitative estimate of drug-likeness (QED) is 0.407. The van der Waals surface area contributed by atoms with E-state index in [-0.39, 0.29) is 18.4 Å². The molecule has 2 aromatic heterocycles. The van der Waals surface area contributed by atoms with Crippen molar-refractivity contribution >= 4 is 23.1 Å². The first-order valence-electron chi connectivity index (χ1n) is 11.4. The van der Waals surface area contributed by atoms with E-state index >= 15 is 0 Å². The third-order valence-electron chi connectivity index (χ3n) is 5.65. The van der Waals surface area contributed by atoms with Crippen LogP contribution >= 0.6 is 0 Å². The summed E-state index contributed by atoms with van der Waals surface area (Å²) in [6.07, 6.45) is 3.86. The van der Waals surface area contributed by atoms with Crippen LogP contribution < -0.4 is 10.1 Å². The van der Waals surface area contributed by atoms with Crippen molar-refractivity contribution in [3.8, 4) is 5.75 Å². The van der Waals surface area contributed by atoms with Crippen LogP contribution in [0.3, 0.4) is 0 Å². The lowest BCUT2D eigenvalue weighted by molar-refractivity contribution is 0.0772. The Morgan fingerprint density at radius 3 is 2.59 bits per heavy atom. The minimum atomic E-state index is -0.311. The fourth-order valence-corrected chi connectivity index (χ4v) is 3.83. The van der Waals surface area contributed by atoms with Crippen molar-refractivity contribution in [2.45, 2.75) is 27.4 Å². The van der Waals surface area contributed by atoms with Gasteiger partial charge >= 0.3 is 0 Å². The number of benzene rings is 2. The maximum absolute atomic E-state index is 13.1. The molecule has 4 rings (SSSR count). The number of fused-ring (bicyclic) bond motifs is 1. The third kappa shape index (κ3) is 4.93. The molecule has 2 aromatic carbocycles. The van der Waals surface area contributed by atoms with Gasteiger partial charge in [-0.25, -0.2) is 4.98 Å². The topological polar surface area (TPSA) is 75.9 Å². The van der Waals surface area contributed by atoms with Gasteiger partial charge in [-0.1, -0.05) is 24.3 Å². The fourth-order valence-electron chi connectivity index (χ4n) is 3.83. The van der Waals surface area contributed by atoms with Gasteiger partial charge in [0.2, 0.25) is 0 Å². The third-order valence-corrected chi connectivity index (χ3v) is 5.65. The lowest BCUT2D eigenvalue weighted by Crippen LogP contribution is -2.30. The van der Waals surface area contributed by atoms with Crippen LogP contribution in [0.25, 0.3) is 5.65 Å². The number of hydrogen-bond acceptors (Lipinski definition) is 4. The smallest absolute Gasteiger partial charge is 0.259 e. The number of imidazole rings is 1. The molecule has 0 spiro atoms. The zero-order valence-electron chi connectivity index (χ0n) is 19.6. The Balaban J connectivity index is 1.49. The molecule has 0 fully saturated rings. The van der Waals surface area contributed by atoms with Crippen molar-refractivity contribution in [1.29, 1.82) is 0 Å². The van der Waals surface area contributed by atoms with Crippen molar-refractivity contribution in [2.24, 2.45) is 0 Å². The highest BCUT2D eigenvalue weighted by molar-refractivity contribution is 6.06. The van der Waals surface area contributed by atoms with Crippen LogP contribution in [0, 0.1) is 6.92 Å². The number of rotatable bonds is 8. The number of nitrogens with one attached hydrogen (secondary N) is 1. The number of carbonyl (C=O) groups is 2. The molecule has 1 N–H and O–H groups in total. The summed E-state index contributed by atoms with van der Waals surface area (Å²) in [4.78, 5) is 32.1. The summed E-state index contributed by atoms with van der Waals surface area (Å²) >= 11 is 0. The lowest BCUT2D eigenvalue weighted by atomic mass is 10.1. The van der Waals surface area contributed by atoms with Crippen molar-refractivity contribution in [1.82, 2.24) is 14.3 Å². The van der Waals surface area contributed by atoms with Gasteiger partial charge in [-0.2, -0.15) is 0 Å². The average molecular weight is 457 g/mol. The van der Waals surface area contributed by atoms with E-state index in [0.29, 0.717) is 35.7 Å². The van der Waals surface area contributed by atoms with Gasteiger partial charge < -0.3 is 19.4 Å². The molecule has 7 heteroatoms. The second-order valence-corrected chi connectivity index (χ2v) is 7.95.